The second-order valence-electron chi connectivity index (χ2n) is 8.47. The Hall–Kier alpha value is -2.71. The summed E-state index contributed by atoms with van der Waals surface area (Å²) in [5.74, 6) is -0.402. The van der Waals surface area contributed by atoms with Gasteiger partial charge in [0.1, 0.15) is 23.1 Å². The first-order chi connectivity index (χ1) is 16.0. The number of thioether (sulfide) groups is 1. The second-order valence-corrected chi connectivity index (χ2v) is 9.26. The molecule has 4 rings (SSSR count). The van der Waals surface area contributed by atoms with Crippen LogP contribution in [0.1, 0.15) is 25.7 Å². The minimum atomic E-state index is -0.925. The smallest absolute Gasteiger partial charge is 0.329 e. The summed E-state index contributed by atoms with van der Waals surface area (Å²) in [6.07, 6.45) is 9.07. The third-order valence-corrected chi connectivity index (χ3v) is 6.92. The van der Waals surface area contributed by atoms with Gasteiger partial charge < -0.3 is 9.84 Å². The zero-order chi connectivity index (χ0) is 23.2. The molecule has 1 fully saturated rings. The molecule has 1 aromatic carbocycles. The van der Waals surface area contributed by atoms with Crippen molar-refractivity contribution < 1.29 is 19.0 Å². The topological polar surface area (TPSA) is 77.2 Å². The Balaban J connectivity index is 1.56. The summed E-state index contributed by atoms with van der Waals surface area (Å²) < 4.78 is 21.4. The standard InChI is InChI=1S/C25H28FN3O3S/c1-33-25-23(20-11-21(26)13-27-12-20)24(19-5-3-2-4-6-19)28-29(25)14-17-7-9-18(10-8-17)15-32-16-22(30)31/h2-6,11-13,17-18H,7-10,14-16H2,1H3,(H,30,31)/t17-,18-. The number of aromatic nitrogens is 3. The van der Waals surface area contributed by atoms with E-state index >= 15 is 0 Å². The van der Waals surface area contributed by atoms with Crippen LogP contribution in [0.3, 0.4) is 0 Å². The van der Waals surface area contributed by atoms with Crippen LogP contribution >= 0.6 is 11.8 Å². The molecule has 0 atom stereocenters. The Bertz CT molecular complexity index is 1080. The van der Waals surface area contributed by atoms with Gasteiger partial charge in [0, 0.05) is 29.4 Å². The molecular weight excluding hydrogens is 441 g/mol. The lowest BCUT2D eigenvalue weighted by Gasteiger charge is -2.28. The fraction of sp³-hybridized carbons (Fsp3) is 0.400. The lowest BCUT2D eigenvalue weighted by molar-refractivity contribution is -0.142. The van der Waals surface area contributed by atoms with Gasteiger partial charge in [-0.3, -0.25) is 9.67 Å². The summed E-state index contributed by atoms with van der Waals surface area (Å²) >= 11 is 1.62. The van der Waals surface area contributed by atoms with Crippen molar-refractivity contribution in [3.63, 3.8) is 0 Å². The Morgan fingerprint density at radius 1 is 1.15 bits per heavy atom. The number of aliphatic carboxylic acids is 1. The van der Waals surface area contributed by atoms with Gasteiger partial charge in [-0.25, -0.2) is 9.18 Å². The van der Waals surface area contributed by atoms with Gasteiger partial charge >= 0.3 is 5.97 Å². The molecule has 1 aliphatic rings. The molecule has 1 saturated carbocycles. The number of carboxylic acid groups (broad SMARTS) is 1. The Kier molecular flexibility index (Phi) is 7.77. The monoisotopic (exact) mass is 469 g/mol. The van der Waals surface area contributed by atoms with E-state index in [2.05, 4.69) is 9.67 Å². The lowest BCUT2D eigenvalue weighted by atomic mass is 9.82. The average Bonchev–Trinajstić information content (AvgIpc) is 3.18. The predicted octanol–water partition coefficient (Wildman–Crippen LogP) is 5.38. The number of nitrogens with zero attached hydrogens (tertiary/aromatic N) is 3. The van der Waals surface area contributed by atoms with Crippen LogP contribution in [-0.2, 0) is 16.1 Å². The molecular formula is C25H28FN3O3S. The number of carboxylic acids is 1. The van der Waals surface area contributed by atoms with E-state index in [0.29, 0.717) is 18.4 Å². The molecule has 0 saturated heterocycles. The molecule has 0 aliphatic heterocycles. The number of benzene rings is 1. The molecule has 1 N–H and O–H groups in total. The van der Waals surface area contributed by atoms with Crippen LogP contribution in [0.5, 0.6) is 0 Å². The van der Waals surface area contributed by atoms with Crippen molar-refractivity contribution in [1.29, 1.82) is 0 Å². The Labute approximate surface area is 197 Å². The first kappa shape index (κ1) is 23.4. The van der Waals surface area contributed by atoms with Crippen LogP contribution in [0.2, 0.25) is 0 Å². The Morgan fingerprint density at radius 2 is 1.88 bits per heavy atom. The highest BCUT2D eigenvalue weighted by Gasteiger charge is 2.26. The van der Waals surface area contributed by atoms with Crippen molar-refractivity contribution in [2.45, 2.75) is 37.3 Å². The molecule has 3 aromatic rings. The van der Waals surface area contributed by atoms with E-state index in [0.717, 1.165) is 59.6 Å². The molecule has 1 aliphatic carbocycles. The van der Waals surface area contributed by atoms with Gasteiger partial charge in [0.2, 0.25) is 0 Å². The van der Waals surface area contributed by atoms with Crippen molar-refractivity contribution in [2.75, 3.05) is 19.5 Å². The van der Waals surface area contributed by atoms with Crippen molar-refractivity contribution in [2.24, 2.45) is 11.8 Å². The zero-order valence-electron chi connectivity index (χ0n) is 18.6. The SMILES string of the molecule is CSc1c(-c2cncc(F)c2)c(-c2ccccc2)nn1C[C@H]1CC[C@H](COCC(=O)O)CC1. The molecule has 2 heterocycles. The summed E-state index contributed by atoms with van der Waals surface area (Å²) in [6.45, 7) is 1.07. The summed E-state index contributed by atoms with van der Waals surface area (Å²) in [6, 6.07) is 11.5. The molecule has 33 heavy (non-hydrogen) atoms. The molecule has 174 valence electrons. The van der Waals surface area contributed by atoms with Crippen LogP contribution in [0.25, 0.3) is 22.4 Å². The maximum atomic E-state index is 14.0. The van der Waals surface area contributed by atoms with Gasteiger partial charge in [-0.15, -0.1) is 11.8 Å². The maximum absolute atomic E-state index is 14.0. The zero-order valence-corrected chi connectivity index (χ0v) is 19.4. The van der Waals surface area contributed by atoms with E-state index in [-0.39, 0.29) is 12.4 Å². The molecule has 2 aromatic heterocycles. The van der Waals surface area contributed by atoms with Gasteiger partial charge in [0.15, 0.2) is 0 Å². The molecule has 0 unspecified atom stereocenters. The summed E-state index contributed by atoms with van der Waals surface area (Å²) in [5, 5.41) is 14.7. The van der Waals surface area contributed by atoms with Crippen LogP contribution in [0.15, 0.2) is 53.8 Å². The molecule has 8 heteroatoms. The fourth-order valence-electron chi connectivity index (χ4n) is 4.52. The molecule has 0 radical (unpaired) electrons. The van der Waals surface area contributed by atoms with E-state index in [4.69, 9.17) is 14.9 Å². The van der Waals surface area contributed by atoms with Crippen molar-refractivity contribution in [3.8, 4) is 22.4 Å². The number of carbonyl (C=O) groups is 1. The van der Waals surface area contributed by atoms with E-state index in [1.165, 1.54) is 12.3 Å². The second kappa shape index (κ2) is 10.9. The number of rotatable bonds is 9. The average molecular weight is 470 g/mol. The molecule has 0 bridgehead atoms. The normalized spacial score (nSPS) is 18.4. The van der Waals surface area contributed by atoms with Gasteiger partial charge in [0.05, 0.1) is 12.8 Å². The van der Waals surface area contributed by atoms with E-state index in [1.807, 2.05) is 36.6 Å². The minimum absolute atomic E-state index is 0.232. The van der Waals surface area contributed by atoms with Crippen LogP contribution in [0, 0.1) is 17.7 Å². The van der Waals surface area contributed by atoms with E-state index in [9.17, 15) is 9.18 Å². The van der Waals surface area contributed by atoms with Crippen molar-refractivity contribution in [1.82, 2.24) is 14.8 Å². The minimum Gasteiger partial charge on any atom is -0.480 e. The molecule has 0 spiro atoms. The van der Waals surface area contributed by atoms with Crippen molar-refractivity contribution >= 4 is 17.7 Å². The van der Waals surface area contributed by atoms with Crippen LogP contribution in [-0.4, -0.2) is 45.3 Å². The van der Waals surface area contributed by atoms with Crippen molar-refractivity contribution in [3.05, 3.63) is 54.6 Å². The first-order valence-corrected chi connectivity index (χ1v) is 12.4. The van der Waals surface area contributed by atoms with Gasteiger partial charge in [-0.2, -0.15) is 5.10 Å². The fourth-order valence-corrected chi connectivity index (χ4v) is 5.27. The lowest BCUT2D eigenvalue weighted by Crippen LogP contribution is -2.23. The number of halogens is 1. The third kappa shape index (κ3) is 5.81. The molecule has 0 amide bonds. The van der Waals surface area contributed by atoms with Gasteiger partial charge in [-0.05, 0) is 49.8 Å². The van der Waals surface area contributed by atoms with Crippen LogP contribution in [0.4, 0.5) is 4.39 Å². The van der Waals surface area contributed by atoms with Gasteiger partial charge in [0.25, 0.3) is 0 Å². The summed E-state index contributed by atoms with van der Waals surface area (Å²) in [7, 11) is 0. The predicted molar refractivity (Wildman–Crippen MR) is 127 cm³/mol. The number of pyridine rings is 1. The highest BCUT2D eigenvalue weighted by molar-refractivity contribution is 7.98. The number of hydrogen-bond acceptors (Lipinski definition) is 5. The van der Waals surface area contributed by atoms with Gasteiger partial charge in [-0.1, -0.05) is 30.3 Å². The van der Waals surface area contributed by atoms with E-state index in [1.54, 1.807) is 18.0 Å². The maximum Gasteiger partial charge on any atom is 0.329 e. The first-order valence-electron chi connectivity index (χ1n) is 11.2. The van der Waals surface area contributed by atoms with Crippen LogP contribution < -0.4 is 0 Å². The summed E-state index contributed by atoms with van der Waals surface area (Å²) in [4.78, 5) is 14.7. The molecule has 6 nitrogen and oxygen atoms in total. The highest BCUT2D eigenvalue weighted by atomic mass is 32.2. The highest BCUT2D eigenvalue weighted by Crippen LogP contribution is 2.40. The van der Waals surface area contributed by atoms with E-state index < -0.39 is 5.97 Å². The quantitative estimate of drug-likeness (QED) is 0.424. The summed E-state index contributed by atoms with van der Waals surface area (Å²) in [5.41, 5.74) is 3.47. The number of ether oxygens (including phenoxy) is 1. The number of hydrogen-bond donors (Lipinski definition) is 1. The third-order valence-electron chi connectivity index (χ3n) is 6.12. The Morgan fingerprint density at radius 3 is 2.55 bits per heavy atom. The largest absolute Gasteiger partial charge is 0.480 e.